The zero-order chi connectivity index (χ0) is 18.8. The fraction of sp³-hybridized carbons (Fsp3) is 0.318. The number of fused-ring (bicyclic) bond motifs is 1. The first-order valence-electron chi connectivity index (χ1n) is 9.18. The lowest BCUT2D eigenvalue weighted by Crippen LogP contribution is -2.03. The Morgan fingerprint density at radius 1 is 1.22 bits per heavy atom. The molecule has 1 heterocycles. The van der Waals surface area contributed by atoms with Crippen LogP contribution in [0.3, 0.4) is 0 Å². The van der Waals surface area contributed by atoms with Crippen LogP contribution in [0.5, 0.6) is 5.75 Å². The average Bonchev–Trinajstić information content (AvgIpc) is 3.25. The Morgan fingerprint density at radius 3 is 2.81 bits per heavy atom. The van der Waals surface area contributed by atoms with E-state index in [0.717, 1.165) is 39.4 Å². The number of hydrogen-bond donors (Lipinski definition) is 0. The molecule has 27 heavy (non-hydrogen) atoms. The van der Waals surface area contributed by atoms with E-state index in [-0.39, 0.29) is 0 Å². The fourth-order valence-electron chi connectivity index (χ4n) is 3.57. The van der Waals surface area contributed by atoms with E-state index < -0.39 is 0 Å². The fourth-order valence-corrected chi connectivity index (χ4v) is 5.58. The highest BCUT2D eigenvalue weighted by Crippen LogP contribution is 2.36. The number of halogens is 2. The van der Waals surface area contributed by atoms with Crippen LogP contribution in [-0.4, -0.2) is 16.0 Å². The lowest BCUT2D eigenvalue weighted by atomic mass is 10.0. The molecule has 0 saturated carbocycles. The van der Waals surface area contributed by atoms with Gasteiger partial charge in [0, 0.05) is 26.3 Å². The molecular formula is C22H21ClINOS. The Labute approximate surface area is 183 Å². The normalized spacial score (nSPS) is 15.7. The predicted octanol–water partition coefficient (Wildman–Crippen LogP) is 6.86. The monoisotopic (exact) mass is 509 g/mol. The maximum absolute atomic E-state index is 6.04. The Kier molecular flexibility index (Phi) is 6.05. The third kappa shape index (κ3) is 4.33. The maximum Gasteiger partial charge on any atom is 0.123 e. The first-order valence-corrected chi connectivity index (χ1v) is 11.9. The van der Waals surface area contributed by atoms with Crippen LogP contribution in [0.1, 0.15) is 34.0 Å². The topological polar surface area (TPSA) is 22.1 Å². The highest BCUT2D eigenvalue weighted by Gasteiger charge is 2.21. The molecule has 1 aromatic heterocycles. The van der Waals surface area contributed by atoms with E-state index in [1.54, 1.807) is 11.3 Å². The number of hydrogen-bond acceptors (Lipinski definition) is 3. The van der Waals surface area contributed by atoms with Gasteiger partial charge in [-0.3, -0.25) is 0 Å². The standard InChI is InChI=1S/C22H21ClINOS/c1-14-21(25-22(27-14)15-4-6-18(23)7-5-15)10-11-26-19-8-9-20-16(12-19)2-3-17(20)13-24/h4-9,12,17H,2-3,10-11,13H2,1H3/t17-/m0/s1. The summed E-state index contributed by atoms with van der Waals surface area (Å²) in [5.74, 6) is 1.70. The molecule has 1 aliphatic carbocycles. The van der Waals surface area contributed by atoms with Gasteiger partial charge in [-0.15, -0.1) is 11.3 Å². The molecule has 140 valence electrons. The zero-order valence-corrected chi connectivity index (χ0v) is 18.9. The van der Waals surface area contributed by atoms with Gasteiger partial charge in [0.25, 0.3) is 0 Å². The molecule has 0 N–H and O–H groups in total. The second-order valence-corrected chi connectivity index (χ2v) is 9.40. The third-order valence-corrected chi connectivity index (χ3v) is 7.47. The summed E-state index contributed by atoms with van der Waals surface area (Å²) in [6.07, 6.45) is 3.27. The van der Waals surface area contributed by atoms with Crippen molar-refractivity contribution in [1.29, 1.82) is 0 Å². The molecule has 0 aliphatic heterocycles. The molecule has 4 rings (SSSR count). The zero-order valence-electron chi connectivity index (χ0n) is 15.2. The average molecular weight is 510 g/mol. The van der Waals surface area contributed by atoms with Gasteiger partial charge in [0.05, 0.1) is 12.3 Å². The highest BCUT2D eigenvalue weighted by atomic mass is 127. The summed E-state index contributed by atoms with van der Waals surface area (Å²) in [7, 11) is 0. The van der Waals surface area contributed by atoms with Crippen molar-refractivity contribution in [3.8, 4) is 16.3 Å². The molecule has 1 aliphatic rings. The number of aryl methyl sites for hydroxylation is 2. The van der Waals surface area contributed by atoms with E-state index in [0.29, 0.717) is 6.61 Å². The molecule has 0 bridgehead atoms. The highest BCUT2D eigenvalue weighted by molar-refractivity contribution is 14.1. The van der Waals surface area contributed by atoms with Gasteiger partial charge < -0.3 is 4.74 Å². The van der Waals surface area contributed by atoms with Crippen LogP contribution in [0.15, 0.2) is 42.5 Å². The van der Waals surface area contributed by atoms with Gasteiger partial charge >= 0.3 is 0 Å². The molecule has 0 fully saturated rings. The molecule has 0 amide bonds. The van der Waals surface area contributed by atoms with Crippen molar-refractivity contribution in [3.63, 3.8) is 0 Å². The predicted molar refractivity (Wildman–Crippen MR) is 123 cm³/mol. The molecule has 5 heteroatoms. The summed E-state index contributed by atoms with van der Waals surface area (Å²) in [5, 5.41) is 1.79. The van der Waals surface area contributed by atoms with E-state index in [9.17, 15) is 0 Å². The minimum absolute atomic E-state index is 0.652. The third-order valence-electron chi connectivity index (χ3n) is 5.09. The molecule has 0 radical (unpaired) electrons. The van der Waals surface area contributed by atoms with Crippen LogP contribution < -0.4 is 4.74 Å². The summed E-state index contributed by atoms with van der Waals surface area (Å²) in [6, 6.07) is 14.5. The molecule has 2 nitrogen and oxygen atoms in total. The number of thiazole rings is 1. The van der Waals surface area contributed by atoms with Crippen molar-refractivity contribution < 1.29 is 4.74 Å². The first-order chi connectivity index (χ1) is 13.1. The second-order valence-electron chi connectivity index (χ2n) is 6.88. The van der Waals surface area contributed by atoms with Crippen LogP contribution in [-0.2, 0) is 12.8 Å². The van der Waals surface area contributed by atoms with E-state index in [4.69, 9.17) is 21.3 Å². The number of benzene rings is 2. The Bertz CT molecular complexity index is 938. The Hall–Kier alpha value is -1.11. The summed E-state index contributed by atoms with van der Waals surface area (Å²) in [5.41, 5.74) is 5.21. The van der Waals surface area contributed by atoms with Crippen LogP contribution in [0.25, 0.3) is 10.6 Å². The molecule has 3 aromatic rings. The van der Waals surface area contributed by atoms with Gasteiger partial charge in [0.1, 0.15) is 10.8 Å². The van der Waals surface area contributed by atoms with Gasteiger partial charge in [-0.25, -0.2) is 4.98 Å². The SMILES string of the molecule is Cc1sc(-c2ccc(Cl)cc2)nc1CCOc1ccc2c(c1)CC[C@H]2CI. The molecule has 0 unspecified atom stereocenters. The lowest BCUT2D eigenvalue weighted by Gasteiger charge is -2.10. The van der Waals surface area contributed by atoms with Crippen molar-refractivity contribution in [3.05, 3.63) is 69.2 Å². The van der Waals surface area contributed by atoms with Crippen molar-refractivity contribution >= 4 is 45.5 Å². The van der Waals surface area contributed by atoms with Gasteiger partial charge in [-0.05, 0) is 61.1 Å². The van der Waals surface area contributed by atoms with E-state index in [1.807, 2.05) is 24.3 Å². The Balaban J connectivity index is 1.39. The summed E-state index contributed by atoms with van der Waals surface area (Å²) in [6.45, 7) is 2.78. The number of nitrogens with zero attached hydrogens (tertiary/aromatic N) is 1. The smallest absolute Gasteiger partial charge is 0.123 e. The minimum atomic E-state index is 0.652. The second kappa shape index (κ2) is 8.50. The van der Waals surface area contributed by atoms with E-state index >= 15 is 0 Å². The van der Waals surface area contributed by atoms with Gasteiger partial charge in [0.15, 0.2) is 0 Å². The molecule has 0 saturated heterocycles. The summed E-state index contributed by atoms with van der Waals surface area (Å²) >= 11 is 10.2. The first kappa shape index (κ1) is 19.2. The minimum Gasteiger partial charge on any atom is -0.493 e. The van der Waals surface area contributed by atoms with Crippen LogP contribution in [0.2, 0.25) is 5.02 Å². The number of alkyl halides is 1. The molecule has 1 atom stereocenters. The Morgan fingerprint density at radius 2 is 2.04 bits per heavy atom. The van der Waals surface area contributed by atoms with Crippen molar-refractivity contribution in [2.45, 2.75) is 32.1 Å². The van der Waals surface area contributed by atoms with Crippen LogP contribution >= 0.6 is 45.5 Å². The number of aromatic nitrogens is 1. The summed E-state index contributed by atoms with van der Waals surface area (Å²) in [4.78, 5) is 6.07. The van der Waals surface area contributed by atoms with E-state index in [1.165, 1.54) is 33.3 Å². The van der Waals surface area contributed by atoms with Crippen molar-refractivity contribution in [2.24, 2.45) is 0 Å². The molecule has 0 spiro atoms. The van der Waals surface area contributed by atoms with E-state index in [2.05, 4.69) is 47.7 Å². The van der Waals surface area contributed by atoms with Crippen molar-refractivity contribution in [2.75, 3.05) is 11.0 Å². The maximum atomic E-state index is 6.04. The van der Waals surface area contributed by atoms with Gasteiger partial charge in [0.2, 0.25) is 0 Å². The van der Waals surface area contributed by atoms with Gasteiger partial charge in [-0.2, -0.15) is 0 Å². The quantitative estimate of drug-likeness (QED) is 0.267. The lowest BCUT2D eigenvalue weighted by molar-refractivity contribution is 0.320. The summed E-state index contributed by atoms with van der Waals surface area (Å²) < 4.78 is 7.23. The number of ether oxygens (including phenoxy) is 1. The molecular weight excluding hydrogens is 489 g/mol. The van der Waals surface area contributed by atoms with Gasteiger partial charge in [-0.1, -0.05) is 52.4 Å². The van der Waals surface area contributed by atoms with Crippen LogP contribution in [0.4, 0.5) is 0 Å². The number of rotatable bonds is 6. The molecule has 2 aromatic carbocycles. The van der Waals surface area contributed by atoms with Crippen LogP contribution in [0, 0.1) is 6.92 Å². The largest absolute Gasteiger partial charge is 0.493 e. The van der Waals surface area contributed by atoms with Crippen molar-refractivity contribution in [1.82, 2.24) is 4.98 Å².